The molecule has 0 aromatic carbocycles. The van der Waals surface area contributed by atoms with Gasteiger partial charge >= 0.3 is 18.0 Å². The maximum Gasteiger partial charge on any atom is 0.326 e. The van der Waals surface area contributed by atoms with Gasteiger partial charge in [-0.15, -0.1) is 0 Å². The van der Waals surface area contributed by atoms with E-state index in [9.17, 15) is 14.4 Å². The first-order chi connectivity index (χ1) is 8.79. The number of carbonyl (C=O) groups excluding carboxylic acids is 1. The molecule has 0 aromatic heterocycles. The Kier molecular flexibility index (Phi) is 7.97. The molecular weight excluding hydrogens is 272 g/mol. The van der Waals surface area contributed by atoms with Gasteiger partial charge < -0.3 is 20.4 Å². The summed E-state index contributed by atoms with van der Waals surface area (Å²) in [7, 11) is 1.56. The Morgan fingerprint density at radius 3 is 2.32 bits per heavy atom. The first-order valence-corrected chi connectivity index (χ1v) is 7.15. The zero-order valence-corrected chi connectivity index (χ0v) is 12.1. The second kappa shape index (κ2) is 8.63. The molecule has 0 heterocycles. The van der Waals surface area contributed by atoms with Gasteiger partial charge in [0.05, 0.1) is 6.42 Å². The maximum absolute atomic E-state index is 11.8. The number of hydrogen-bond donors (Lipinski definition) is 3. The smallest absolute Gasteiger partial charge is 0.326 e. The van der Waals surface area contributed by atoms with Gasteiger partial charge in [0.2, 0.25) is 0 Å². The quantitative estimate of drug-likeness (QED) is 0.608. The number of nitrogens with one attached hydrogen (secondary N) is 1. The molecule has 110 valence electrons. The fourth-order valence-corrected chi connectivity index (χ4v) is 1.88. The molecule has 0 bridgehead atoms. The second-order valence-corrected chi connectivity index (χ2v) is 5.17. The number of hydrogen-bond acceptors (Lipinski definition) is 4. The zero-order chi connectivity index (χ0) is 15.0. The van der Waals surface area contributed by atoms with Gasteiger partial charge in [-0.05, 0) is 25.4 Å². The summed E-state index contributed by atoms with van der Waals surface area (Å²) < 4.78 is 0. The minimum absolute atomic E-state index is 0.0493. The summed E-state index contributed by atoms with van der Waals surface area (Å²) in [4.78, 5) is 34.5. The van der Waals surface area contributed by atoms with E-state index in [0.717, 1.165) is 12.2 Å². The van der Waals surface area contributed by atoms with Gasteiger partial charge in [-0.2, -0.15) is 11.8 Å². The van der Waals surface area contributed by atoms with E-state index in [2.05, 4.69) is 5.32 Å². The lowest BCUT2D eigenvalue weighted by molar-refractivity contribution is -0.145. The van der Waals surface area contributed by atoms with E-state index in [1.807, 2.05) is 13.2 Å². The number of rotatable bonds is 8. The molecule has 8 heteroatoms. The normalized spacial score (nSPS) is 13.4. The van der Waals surface area contributed by atoms with Crippen LogP contribution in [0.3, 0.4) is 0 Å². The van der Waals surface area contributed by atoms with Crippen LogP contribution in [0.2, 0.25) is 0 Å². The fourth-order valence-electron chi connectivity index (χ4n) is 1.31. The van der Waals surface area contributed by atoms with Crippen LogP contribution in [0.5, 0.6) is 0 Å². The number of thioether (sulfide) groups is 1. The summed E-state index contributed by atoms with van der Waals surface area (Å²) in [5, 5.41) is 19.6. The van der Waals surface area contributed by atoms with Crippen LogP contribution in [-0.4, -0.2) is 64.2 Å². The number of carboxylic acid groups (broad SMARTS) is 2. The highest BCUT2D eigenvalue weighted by molar-refractivity contribution is 7.98. The highest BCUT2D eigenvalue weighted by Crippen LogP contribution is 2.06. The fraction of sp³-hybridized carbons (Fsp3) is 0.727. The number of nitrogens with zero attached hydrogens (tertiary/aromatic N) is 1. The van der Waals surface area contributed by atoms with Gasteiger partial charge in [0.25, 0.3) is 0 Å². The van der Waals surface area contributed by atoms with Gasteiger partial charge in [-0.25, -0.2) is 9.59 Å². The number of carbonyl (C=O) groups is 3. The highest BCUT2D eigenvalue weighted by Gasteiger charge is 2.25. The first-order valence-electron chi connectivity index (χ1n) is 5.76. The predicted molar refractivity (Wildman–Crippen MR) is 72.4 cm³/mol. The average Bonchev–Trinajstić information content (AvgIpc) is 2.33. The molecule has 2 atom stereocenters. The largest absolute Gasteiger partial charge is 0.481 e. The van der Waals surface area contributed by atoms with Crippen molar-refractivity contribution in [3.63, 3.8) is 0 Å². The van der Waals surface area contributed by atoms with Gasteiger partial charge in [0.15, 0.2) is 0 Å². The lowest BCUT2D eigenvalue weighted by Crippen LogP contribution is -2.49. The van der Waals surface area contributed by atoms with Crippen molar-refractivity contribution in [2.24, 2.45) is 0 Å². The van der Waals surface area contributed by atoms with Crippen molar-refractivity contribution in [1.29, 1.82) is 0 Å². The zero-order valence-electron chi connectivity index (χ0n) is 11.3. The summed E-state index contributed by atoms with van der Waals surface area (Å²) in [6, 6.07) is -2.05. The molecule has 0 saturated carbocycles. The molecule has 0 rings (SSSR count). The third-order valence-corrected chi connectivity index (χ3v) is 3.34. The topological polar surface area (TPSA) is 107 Å². The van der Waals surface area contributed by atoms with E-state index in [1.54, 1.807) is 18.8 Å². The molecule has 7 nitrogen and oxygen atoms in total. The lowest BCUT2D eigenvalue weighted by Gasteiger charge is -2.26. The van der Waals surface area contributed by atoms with Crippen LogP contribution in [0, 0.1) is 0 Å². The van der Waals surface area contributed by atoms with E-state index < -0.39 is 30.4 Å². The number of carboxylic acids is 2. The molecule has 19 heavy (non-hydrogen) atoms. The molecule has 0 fully saturated rings. The first kappa shape index (κ1) is 17.6. The Hall–Kier alpha value is -1.44. The monoisotopic (exact) mass is 292 g/mol. The number of urea groups is 1. The van der Waals surface area contributed by atoms with Crippen LogP contribution in [0.4, 0.5) is 4.79 Å². The van der Waals surface area contributed by atoms with Crippen molar-refractivity contribution < 1.29 is 24.6 Å². The Bertz CT molecular complexity index is 337. The third kappa shape index (κ3) is 6.90. The van der Waals surface area contributed by atoms with Gasteiger partial charge in [0.1, 0.15) is 6.04 Å². The van der Waals surface area contributed by atoms with Crippen molar-refractivity contribution >= 4 is 29.7 Å². The highest BCUT2D eigenvalue weighted by atomic mass is 32.2. The molecule has 0 aliphatic heterocycles. The summed E-state index contributed by atoms with van der Waals surface area (Å²) in [6.07, 6.45) is 2.09. The average molecular weight is 292 g/mol. The Labute approximate surface area is 116 Å². The lowest BCUT2D eigenvalue weighted by atomic mass is 10.2. The molecule has 0 spiro atoms. The molecule has 0 aliphatic rings. The van der Waals surface area contributed by atoms with Crippen molar-refractivity contribution in [2.45, 2.75) is 31.8 Å². The molecule has 0 radical (unpaired) electrons. The van der Waals surface area contributed by atoms with E-state index in [1.165, 1.54) is 4.90 Å². The predicted octanol–water partition coefficient (Wildman–Crippen LogP) is 0.697. The van der Waals surface area contributed by atoms with Crippen LogP contribution < -0.4 is 5.32 Å². The van der Waals surface area contributed by atoms with E-state index in [-0.39, 0.29) is 6.04 Å². The van der Waals surface area contributed by atoms with E-state index in [4.69, 9.17) is 10.2 Å². The van der Waals surface area contributed by atoms with Crippen molar-refractivity contribution in [3.05, 3.63) is 0 Å². The van der Waals surface area contributed by atoms with Crippen LogP contribution >= 0.6 is 11.8 Å². The molecule has 2 amide bonds. The van der Waals surface area contributed by atoms with Crippen molar-refractivity contribution in [3.8, 4) is 0 Å². The minimum atomic E-state index is -1.42. The number of aliphatic carboxylic acids is 2. The molecule has 0 aliphatic carbocycles. The van der Waals surface area contributed by atoms with Gasteiger partial charge in [-0.1, -0.05) is 0 Å². The van der Waals surface area contributed by atoms with Crippen LogP contribution in [-0.2, 0) is 9.59 Å². The summed E-state index contributed by atoms with van der Waals surface area (Å²) in [5.74, 6) is -1.75. The Morgan fingerprint density at radius 2 is 1.89 bits per heavy atom. The van der Waals surface area contributed by atoms with Crippen LogP contribution in [0.25, 0.3) is 0 Å². The van der Waals surface area contributed by atoms with E-state index in [0.29, 0.717) is 0 Å². The second-order valence-electron chi connectivity index (χ2n) is 4.18. The van der Waals surface area contributed by atoms with E-state index >= 15 is 0 Å². The van der Waals surface area contributed by atoms with Gasteiger partial charge in [0, 0.05) is 13.1 Å². The SMILES string of the molecule is CSCCC(C)N(C)C(=O)N[C@@H](CC(=O)O)C(=O)O. The molecular formula is C11H20N2O5S. The minimum Gasteiger partial charge on any atom is -0.481 e. The molecule has 3 N–H and O–H groups in total. The maximum atomic E-state index is 11.8. The summed E-state index contributed by atoms with van der Waals surface area (Å²) in [6.45, 7) is 1.85. The van der Waals surface area contributed by atoms with Crippen molar-refractivity contribution in [1.82, 2.24) is 10.2 Å². The molecule has 0 aromatic rings. The summed E-state index contributed by atoms with van der Waals surface area (Å²) >= 11 is 1.66. The Morgan fingerprint density at radius 1 is 1.32 bits per heavy atom. The standard InChI is InChI=1S/C11H20N2O5S/c1-7(4-5-19-3)13(2)11(18)12-8(10(16)17)6-9(14)15/h7-8H,4-6H2,1-3H3,(H,12,18)(H,14,15)(H,16,17)/t7?,8-/m0/s1. The third-order valence-electron chi connectivity index (χ3n) is 2.70. The van der Waals surface area contributed by atoms with Crippen LogP contribution in [0.15, 0.2) is 0 Å². The van der Waals surface area contributed by atoms with Gasteiger partial charge in [-0.3, -0.25) is 4.79 Å². The number of amides is 2. The Balaban J connectivity index is 4.46. The van der Waals surface area contributed by atoms with Crippen LogP contribution in [0.1, 0.15) is 19.8 Å². The summed E-state index contributed by atoms with van der Waals surface area (Å²) in [5.41, 5.74) is 0. The molecule has 1 unspecified atom stereocenters. The van der Waals surface area contributed by atoms with Crippen molar-refractivity contribution in [2.75, 3.05) is 19.1 Å². The molecule has 0 saturated heterocycles.